The first-order valence-electron chi connectivity index (χ1n) is 5.47. The van der Waals surface area contributed by atoms with Crippen molar-refractivity contribution in [2.45, 2.75) is 38.5 Å². The van der Waals surface area contributed by atoms with Crippen molar-refractivity contribution in [2.75, 3.05) is 6.61 Å². The van der Waals surface area contributed by atoms with Crippen molar-refractivity contribution in [3.05, 3.63) is 12.2 Å². The number of hydrogen-bond acceptors (Lipinski definition) is 4. The van der Waals surface area contributed by atoms with Crippen molar-refractivity contribution in [2.24, 2.45) is 7.05 Å². The number of nitrogens with zero attached hydrogens (tertiary/aromatic N) is 3. The zero-order valence-corrected chi connectivity index (χ0v) is 9.31. The quantitative estimate of drug-likeness (QED) is 0.767. The van der Waals surface area contributed by atoms with Gasteiger partial charge in [0.05, 0.1) is 12.6 Å². The van der Waals surface area contributed by atoms with Crippen LogP contribution in [0, 0.1) is 0 Å². The minimum atomic E-state index is 0.462. The molecule has 1 aliphatic rings. The second-order valence-corrected chi connectivity index (χ2v) is 3.96. The monoisotopic (exact) mass is 210 g/mol. The molecule has 1 heterocycles. The van der Waals surface area contributed by atoms with Crippen molar-refractivity contribution in [1.82, 2.24) is 20.1 Å². The highest BCUT2D eigenvalue weighted by molar-refractivity contribution is 4.89. The lowest BCUT2D eigenvalue weighted by Crippen LogP contribution is -2.45. The molecule has 15 heavy (non-hydrogen) atoms. The van der Waals surface area contributed by atoms with Crippen LogP contribution in [-0.4, -0.2) is 33.5 Å². The highest BCUT2D eigenvalue weighted by atomic mass is 16.5. The van der Waals surface area contributed by atoms with Crippen LogP contribution in [0.25, 0.3) is 0 Å². The van der Waals surface area contributed by atoms with Crippen LogP contribution in [0.2, 0.25) is 0 Å². The van der Waals surface area contributed by atoms with Gasteiger partial charge in [0, 0.05) is 19.7 Å². The topological polar surface area (TPSA) is 52.0 Å². The van der Waals surface area contributed by atoms with Crippen molar-refractivity contribution in [3.63, 3.8) is 0 Å². The average molecular weight is 210 g/mol. The Kier molecular flexibility index (Phi) is 3.33. The van der Waals surface area contributed by atoms with Crippen molar-refractivity contribution < 1.29 is 4.74 Å². The van der Waals surface area contributed by atoms with Gasteiger partial charge in [0.25, 0.3) is 0 Å². The van der Waals surface area contributed by atoms with Crippen molar-refractivity contribution >= 4 is 0 Å². The van der Waals surface area contributed by atoms with E-state index in [1.807, 2.05) is 14.0 Å². The molecule has 0 bridgehead atoms. The Morgan fingerprint density at radius 3 is 3.00 bits per heavy atom. The van der Waals surface area contributed by atoms with E-state index in [9.17, 15) is 0 Å². The minimum absolute atomic E-state index is 0.462. The van der Waals surface area contributed by atoms with Gasteiger partial charge >= 0.3 is 0 Å². The predicted octanol–water partition coefficient (Wildman–Crippen LogP) is 0.472. The number of nitrogens with one attached hydrogen (secondary N) is 1. The van der Waals surface area contributed by atoms with E-state index in [0.717, 1.165) is 31.8 Å². The molecule has 0 atom stereocenters. The Morgan fingerprint density at radius 1 is 1.60 bits per heavy atom. The van der Waals surface area contributed by atoms with Gasteiger partial charge in [-0.05, 0) is 19.8 Å². The number of hydrogen-bond donors (Lipinski definition) is 1. The summed E-state index contributed by atoms with van der Waals surface area (Å²) in [5.74, 6) is 0.859. The van der Waals surface area contributed by atoms with Gasteiger partial charge in [-0.25, -0.2) is 4.98 Å². The molecule has 1 aromatic rings. The fraction of sp³-hybridized carbons (Fsp3) is 0.800. The molecule has 84 valence electrons. The van der Waals surface area contributed by atoms with E-state index in [1.165, 1.54) is 0 Å². The number of ether oxygens (including phenoxy) is 1. The summed E-state index contributed by atoms with van der Waals surface area (Å²) in [6.07, 6.45) is 4.41. The Balaban J connectivity index is 1.64. The van der Waals surface area contributed by atoms with Crippen LogP contribution in [0.15, 0.2) is 6.33 Å². The Morgan fingerprint density at radius 2 is 2.40 bits per heavy atom. The predicted molar refractivity (Wildman–Crippen MR) is 56.3 cm³/mol. The summed E-state index contributed by atoms with van der Waals surface area (Å²) in [6, 6.07) is 0.574. The normalized spacial score (nSPS) is 25.2. The molecule has 1 fully saturated rings. The van der Waals surface area contributed by atoms with E-state index in [2.05, 4.69) is 15.4 Å². The van der Waals surface area contributed by atoms with E-state index >= 15 is 0 Å². The molecule has 2 rings (SSSR count). The van der Waals surface area contributed by atoms with Crippen LogP contribution in [0.5, 0.6) is 0 Å². The Bertz CT molecular complexity index is 306. The van der Waals surface area contributed by atoms with Gasteiger partial charge in [-0.1, -0.05) is 0 Å². The molecule has 0 radical (unpaired) electrons. The standard InChI is InChI=1S/C10H18N4O/c1-3-15-9-4-8(5-9)11-6-10-12-7-14(2)13-10/h7-9,11H,3-6H2,1-2H3. The van der Waals surface area contributed by atoms with Crippen LogP contribution in [0.1, 0.15) is 25.6 Å². The smallest absolute Gasteiger partial charge is 0.164 e. The number of aromatic nitrogens is 3. The van der Waals surface area contributed by atoms with Crippen LogP contribution in [0.4, 0.5) is 0 Å². The largest absolute Gasteiger partial charge is 0.378 e. The zero-order chi connectivity index (χ0) is 10.7. The number of rotatable bonds is 5. The van der Waals surface area contributed by atoms with E-state index in [4.69, 9.17) is 4.74 Å². The summed E-state index contributed by atoms with van der Waals surface area (Å²) in [5, 5.41) is 7.63. The van der Waals surface area contributed by atoms with Gasteiger partial charge in [0.15, 0.2) is 5.82 Å². The third-order valence-electron chi connectivity index (χ3n) is 2.69. The zero-order valence-electron chi connectivity index (χ0n) is 9.31. The molecular weight excluding hydrogens is 192 g/mol. The molecule has 5 heteroatoms. The lowest BCUT2D eigenvalue weighted by Gasteiger charge is -2.35. The van der Waals surface area contributed by atoms with E-state index < -0.39 is 0 Å². The Labute approximate surface area is 89.8 Å². The molecule has 0 saturated heterocycles. The van der Waals surface area contributed by atoms with Crippen molar-refractivity contribution in [3.8, 4) is 0 Å². The third kappa shape index (κ3) is 2.76. The van der Waals surface area contributed by atoms with Crippen LogP contribution >= 0.6 is 0 Å². The van der Waals surface area contributed by atoms with Gasteiger partial charge in [-0.3, -0.25) is 4.68 Å². The SMILES string of the molecule is CCOC1CC(NCc2ncn(C)n2)C1. The highest BCUT2D eigenvalue weighted by Gasteiger charge is 2.28. The summed E-state index contributed by atoms with van der Waals surface area (Å²) in [7, 11) is 1.88. The molecule has 0 aromatic carbocycles. The first-order valence-corrected chi connectivity index (χ1v) is 5.47. The summed E-state index contributed by atoms with van der Waals surface area (Å²) in [5.41, 5.74) is 0. The fourth-order valence-corrected chi connectivity index (χ4v) is 1.80. The lowest BCUT2D eigenvalue weighted by atomic mass is 9.89. The van der Waals surface area contributed by atoms with Crippen LogP contribution in [-0.2, 0) is 18.3 Å². The lowest BCUT2D eigenvalue weighted by molar-refractivity contribution is -0.0103. The molecule has 0 spiro atoms. The molecule has 5 nitrogen and oxygen atoms in total. The van der Waals surface area contributed by atoms with Crippen molar-refractivity contribution in [1.29, 1.82) is 0 Å². The molecule has 1 aromatic heterocycles. The molecule has 0 unspecified atom stereocenters. The van der Waals surface area contributed by atoms with Gasteiger partial charge in [-0.2, -0.15) is 5.10 Å². The Hall–Kier alpha value is -0.940. The van der Waals surface area contributed by atoms with Gasteiger partial charge in [-0.15, -0.1) is 0 Å². The molecule has 0 aliphatic heterocycles. The summed E-state index contributed by atoms with van der Waals surface area (Å²) >= 11 is 0. The third-order valence-corrected chi connectivity index (χ3v) is 2.69. The van der Waals surface area contributed by atoms with Gasteiger partial charge < -0.3 is 10.1 Å². The maximum absolute atomic E-state index is 5.49. The second-order valence-electron chi connectivity index (χ2n) is 3.96. The molecule has 1 saturated carbocycles. The molecular formula is C10H18N4O. The average Bonchev–Trinajstić information content (AvgIpc) is 2.55. The van der Waals surface area contributed by atoms with Gasteiger partial charge in [0.1, 0.15) is 6.33 Å². The highest BCUT2D eigenvalue weighted by Crippen LogP contribution is 2.23. The molecule has 0 amide bonds. The van der Waals surface area contributed by atoms with Crippen LogP contribution in [0.3, 0.4) is 0 Å². The van der Waals surface area contributed by atoms with Crippen LogP contribution < -0.4 is 5.32 Å². The second kappa shape index (κ2) is 4.72. The molecule has 1 N–H and O–H groups in total. The summed E-state index contributed by atoms with van der Waals surface area (Å²) < 4.78 is 7.21. The first kappa shape index (κ1) is 10.6. The summed E-state index contributed by atoms with van der Waals surface area (Å²) in [6.45, 7) is 3.61. The number of aryl methyl sites for hydroxylation is 1. The maximum Gasteiger partial charge on any atom is 0.164 e. The minimum Gasteiger partial charge on any atom is -0.378 e. The molecule has 1 aliphatic carbocycles. The maximum atomic E-state index is 5.49. The first-order chi connectivity index (χ1) is 7.28. The van der Waals surface area contributed by atoms with E-state index in [1.54, 1.807) is 11.0 Å². The van der Waals surface area contributed by atoms with E-state index in [-0.39, 0.29) is 0 Å². The summed E-state index contributed by atoms with van der Waals surface area (Å²) in [4.78, 5) is 4.16. The van der Waals surface area contributed by atoms with E-state index in [0.29, 0.717) is 12.1 Å². The fourth-order valence-electron chi connectivity index (χ4n) is 1.80. The van der Waals surface area contributed by atoms with Gasteiger partial charge in [0.2, 0.25) is 0 Å².